The van der Waals surface area contributed by atoms with Gasteiger partial charge < -0.3 is 5.32 Å². The third-order valence-corrected chi connectivity index (χ3v) is 2.45. The molecule has 0 unspecified atom stereocenters. The first-order valence-electron chi connectivity index (χ1n) is 3.95. The molecule has 0 radical (unpaired) electrons. The zero-order valence-electron chi connectivity index (χ0n) is 6.53. The number of halogens is 2. The van der Waals surface area contributed by atoms with Crippen molar-refractivity contribution in [3.8, 4) is 0 Å². The first kappa shape index (κ1) is 8.02. The summed E-state index contributed by atoms with van der Waals surface area (Å²) in [5, 5.41) is 3.41. The van der Waals surface area contributed by atoms with Crippen LogP contribution < -0.4 is 5.32 Å². The molecule has 0 bridgehead atoms. The molecule has 0 fully saturated rings. The SMILES string of the molecule is Fc1c(Cl)ccc2c1CCNC2. The molecule has 12 heavy (non-hydrogen) atoms. The molecule has 0 saturated heterocycles. The van der Waals surface area contributed by atoms with Crippen LogP contribution in [-0.2, 0) is 13.0 Å². The van der Waals surface area contributed by atoms with E-state index in [4.69, 9.17) is 11.6 Å². The van der Waals surface area contributed by atoms with Gasteiger partial charge >= 0.3 is 0 Å². The zero-order valence-corrected chi connectivity index (χ0v) is 7.29. The normalized spacial score (nSPS) is 15.8. The highest BCUT2D eigenvalue weighted by atomic mass is 35.5. The molecule has 1 heterocycles. The van der Waals surface area contributed by atoms with Crippen LogP contribution >= 0.6 is 11.6 Å². The van der Waals surface area contributed by atoms with Crippen molar-refractivity contribution in [1.82, 2.24) is 5.32 Å². The van der Waals surface area contributed by atoms with E-state index in [-0.39, 0.29) is 10.8 Å². The molecule has 0 aromatic heterocycles. The van der Waals surface area contributed by atoms with E-state index in [0.29, 0.717) is 0 Å². The second kappa shape index (κ2) is 3.04. The lowest BCUT2D eigenvalue weighted by Gasteiger charge is -2.17. The Morgan fingerprint density at radius 2 is 2.25 bits per heavy atom. The Balaban J connectivity index is 2.54. The zero-order chi connectivity index (χ0) is 8.55. The molecular formula is C9H9ClFN. The van der Waals surface area contributed by atoms with Gasteiger partial charge in [-0.05, 0) is 30.2 Å². The van der Waals surface area contributed by atoms with Crippen LogP contribution in [0, 0.1) is 5.82 Å². The Morgan fingerprint density at radius 1 is 1.42 bits per heavy atom. The van der Waals surface area contributed by atoms with Gasteiger partial charge in [-0.1, -0.05) is 17.7 Å². The summed E-state index contributed by atoms with van der Waals surface area (Å²) >= 11 is 5.65. The first-order valence-corrected chi connectivity index (χ1v) is 4.33. The molecule has 1 aliphatic rings. The van der Waals surface area contributed by atoms with Gasteiger partial charge in [-0.15, -0.1) is 0 Å². The van der Waals surface area contributed by atoms with Crippen molar-refractivity contribution in [1.29, 1.82) is 0 Å². The maximum atomic E-state index is 13.3. The van der Waals surface area contributed by atoms with Gasteiger partial charge in [-0.25, -0.2) is 4.39 Å². The summed E-state index contributed by atoms with van der Waals surface area (Å²) in [4.78, 5) is 0. The highest BCUT2D eigenvalue weighted by Crippen LogP contribution is 2.23. The monoisotopic (exact) mass is 185 g/mol. The molecule has 0 aliphatic carbocycles. The number of nitrogens with one attached hydrogen (secondary N) is 1. The van der Waals surface area contributed by atoms with Gasteiger partial charge in [0, 0.05) is 6.54 Å². The van der Waals surface area contributed by atoms with Crippen LogP contribution in [0.3, 0.4) is 0 Å². The molecule has 1 N–H and O–H groups in total. The van der Waals surface area contributed by atoms with Crippen LogP contribution in [0.15, 0.2) is 12.1 Å². The Morgan fingerprint density at radius 3 is 3.08 bits per heavy atom. The molecular weight excluding hydrogens is 177 g/mol. The lowest BCUT2D eigenvalue weighted by Crippen LogP contribution is -2.24. The number of hydrogen-bond donors (Lipinski definition) is 1. The van der Waals surface area contributed by atoms with Crippen LogP contribution in [-0.4, -0.2) is 6.54 Å². The maximum Gasteiger partial charge on any atom is 0.145 e. The highest BCUT2D eigenvalue weighted by molar-refractivity contribution is 6.30. The largest absolute Gasteiger partial charge is 0.312 e. The predicted octanol–water partition coefficient (Wildman–Crippen LogP) is 2.12. The van der Waals surface area contributed by atoms with E-state index in [1.165, 1.54) is 0 Å². The highest BCUT2D eigenvalue weighted by Gasteiger charge is 2.14. The Bertz CT molecular complexity index is 312. The minimum atomic E-state index is -0.240. The fourth-order valence-electron chi connectivity index (χ4n) is 1.50. The number of fused-ring (bicyclic) bond motifs is 1. The molecule has 1 aromatic carbocycles. The second-order valence-corrected chi connectivity index (χ2v) is 3.33. The molecule has 64 valence electrons. The van der Waals surface area contributed by atoms with Crippen LogP contribution in [0.2, 0.25) is 5.02 Å². The molecule has 2 rings (SSSR count). The average Bonchev–Trinajstić information content (AvgIpc) is 2.12. The van der Waals surface area contributed by atoms with E-state index in [1.807, 2.05) is 6.07 Å². The molecule has 0 amide bonds. The summed E-state index contributed by atoms with van der Waals surface area (Å²) in [7, 11) is 0. The van der Waals surface area contributed by atoms with E-state index in [0.717, 1.165) is 30.6 Å². The van der Waals surface area contributed by atoms with E-state index in [1.54, 1.807) is 6.07 Å². The van der Waals surface area contributed by atoms with Gasteiger partial charge in [0.25, 0.3) is 0 Å². The van der Waals surface area contributed by atoms with Crippen molar-refractivity contribution in [3.63, 3.8) is 0 Å². The third-order valence-electron chi connectivity index (χ3n) is 2.16. The van der Waals surface area contributed by atoms with E-state index >= 15 is 0 Å². The van der Waals surface area contributed by atoms with Crippen LogP contribution in [0.4, 0.5) is 4.39 Å². The number of hydrogen-bond acceptors (Lipinski definition) is 1. The molecule has 1 aromatic rings. The summed E-state index contributed by atoms with van der Waals surface area (Å²) in [6.07, 6.45) is 0.738. The van der Waals surface area contributed by atoms with Crippen molar-refractivity contribution < 1.29 is 4.39 Å². The fourth-order valence-corrected chi connectivity index (χ4v) is 1.68. The molecule has 1 aliphatic heterocycles. The average molecular weight is 186 g/mol. The van der Waals surface area contributed by atoms with Gasteiger partial charge in [-0.2, -0.15) is 0 Å². The van der Waals surface area contributed by atoms with Gasteiger partial charge in [0.05, 0.1) is 5.02 Å². The van der Waals surface area contributed by atoms with Crippen LogP contribution in [0.5, 0.6) is 0 Å². The second-order valence-electron chi connectivity index (χ2n) is 2.93. The van der Waals surface area contributed by atoms with Crippen molar-refractivity contribution in [2.75, 3.05) is 6.54 Å². The van der Waals surface area contributed by atoms with Crippen molar-refractivity contribution in [3.05, 3.63) is 34.1 Å². The Hall–Kier alpha value is -0.600. The molecule has 0 atom stereocenters. The van der Waals surface area contributed by atoms with Crippen molar-refractivity contribution >= 4 is 11.6 Å². The molecule has 3 heteroatoms. The van der Waals surface area contributed by atoms with Gasteiger partial charge in [0.2, 0.25) is 0 Å². The minimum absolute atomic E-state index is 0.232. The van der Waals surface area contributed by atoms with Crippen LogP contribution in [0.25, 0.3) is 0 Å². The Labute approximate surface area is 75.5 Å². The standard InChI is InChI=1S/C9H9ClFN/c10-8-2-1-6-5-12-4-3-7(6)9(8)11/h1-2,12H,3-5H2. The fraction of sp³-hybridized carbons (Fsp3) is 0.333. The van der Waals surface area contributed by atoms with Gasteiger partial charge in [0.1, 0.15) is 5.82 Å². The number of benzene rings is 1. The van der Waals surface area contributed by atoms with E-state index in [9.17, 15) is 4.39 Å². The van der Waals surface area contributed by atoms with Gasteiger partial charge in [-0.3, -0.25) is 0 Å². The predicted molar refractivity (Wildman–Crippen MR) is 46.8 cm³/mol. The molecule has 0 saturated carbocycles. The minimum Gasteiger partial charge on any atom is -0.312 e. The smallest absolute Gasteiger partial charge is 0.145 e. The van der Waals surface area contributed by atoms with E-state index in [2.05, 4.69) is 5.32 Å². The van der Waals surface area contributed by atoms with Crippen molar-refractivity contribution in [2.24, 2.45) is 0 Å². The van der Waals surface area contributed by atoms with Crippen LogP contribution in [0.1, 0.15) is 11.1 Å². The Kier molecular flexibility index (Phi) is 2.03. The lowest BCUT2D eigenvalue weighted by atomic mass is 10.0. The summed E-state index contributed by atoms with van der Waals surface area (Å²) in [6.45, 7) is 1.59. The van der Waals surface area contributed by atoms with Crippen molar-refractivity contribution in [2.45, 2.75) is 13.0 Å². The number of rotatable bonds is 0. The summed E-state index contributed by atoms with van der Waals surface area (Å²) in [6, 6.07) is 3.50. The molecule has 0 spiro atoms. The summed E-state index contributed by atoms with van der Waals surface area (Å²) in [5.74, 6) is -0.240. The lowest BCUT2D eigenvalue weighted by molar-refractivity contribution is 0.569. The van der Waals surface area contributed by atoms with Gasteiger partial charge in [0.15, 0.2) is 0 Å². The summed E-state index contributed by atoms with van der Waals surface area (Å²) < 4.78 is 13.3. The van der Waals surface area contributed by atoms with E-state index < -0.39 is 0 Å². The first-order chi connectivity index (χ1) is 5.79. The quantitative estimate of drug-likeness (QED) is 0.653. The summed E-state index contributed by atoms with van der Waals surface area (Å²) in [5.41, 5.74) is 1.81. The third kappa shape index (κ3) is 1.21. The maximum absolute atomic E-state index is 13.3. The topological polar surface area (TPSA) is 12.0 Å². The molecule has 1 nitrogen and oxygen atoms in total.